The number of likely N-dealkylation sites (N-methyl/N-ethyl adjacent to an activating group) is 1. The molecule has 0 radical (unpaired) electrons. The molecule has 2 amide bonds. The topological polar surface area (TPSA) is 102 Å². The molecule has 9 heteroatoms. The number of carbonyl (C=O) groups is 2. The summed E-state index contributed by atoms with van der Waals surface area (Å²) in [6.07, 6.45) is 3.38. The van der Waals surface area contributed by atoms with Gasteiger partial charge in [0.25, 0.3) is 0 Å². The molecule has 2 rings (SSSR count). The van der Waals surface area contributed by atoms with E-state index in [-0.39, 0.29) is 35.9 Å². The molecule has 1 atom stereocenters. The molecular weight excluding hydrogens is 372 g/mol. The zero-order chi connectivity index (χ0) is 20.0. The summed E-state index contributed by atoms with van der Waals surface area (Å²) >= 11 is 0. The number of nitrogens with one attached hydrogen (secondary N) is 1. The lowest BCUT2D eigenvalue weighted by Crippen LogP contribution is -2.42. The second-order valence-corrected chi connectivity index (χ2v) is 8.54. The fourth-order valence-corrected chi connectivity index (χ4v) is 4.40. The van der Waals surface area contributed by atoms with E-state index in [4.69, 9.17) is 9.47 Å². The molecule has 148 valence electrons. The van der Waals surface area contributed by atoms with Crippen molar-refractivity contribution in [3.63, 3.8) is 0 Å². The van der Waals surface area contributed by atoms with E-state index in [1.54, 1.807) is 24.3 Å². The zero-order valence-electron chi connectivity index (χ0n) is 15.6. The number of methoxy groups -OCH3 is 2. The lowest BCUT2D eigenvalue weighted by molar-refractivity contribution is -0.131. The number of sulfone groups is 1. The molecule has 8 nitrogen and oxygen atoms in total. The van der Waals surface area contributed by atoms with Crippen LogP contribution in [0.1, 0.15) is 12.0 Å². The van der Waals surface area contributed by atoms with Gasteiger partial charge in [-0.3, -0.25) is 9.59 Å². The average molecular weight is 396 g/mol. The zero-order valence-corrected chi connectivity index (χ0v) is 16.4. The molecule has 1 saturated heterocycles. The Balaban J connectivity index is 1.89. The number of ether oxygens (including phenoxy) is 2. The van der Waals surface area contributed by atoms with Gasteiger partial charge in [-0.15, -0.1) is 0 Å². The van der Waals surface area contributed by atoms with Crippen LogP contribution in [0.4, 0.5) is 0 Å². The van der Waals surface area contributed by atoms with Crippen LogP contribution < -0.4 is 14.8 Å². The first-order valence-electron chi connectivity index (χ1n) is 8.39. The molecule has 1 unspecified atom stereocenters. The van der Waals surface area contributed by atoms with E-state index >= 15 is 0 Å². The number of nitrogens with zero attached hydrogens (tertiary/aromatic N) is 1. The Kier molecular flexibility index (Phi) is 6.84. The van der Waals surface area contributed by atoms with Crippen LogP contribution in [0, 0.1) is 0 Å². The summed E-state index contributed by atoms with van der Waals surface area (Å²) < 4.78 is 33.2. The standard InChI is InChI=1S/C18H24N2O6S/c1-20(11-17(21)19-14-8-9-27(23,24)12-14)18(22)7-5-13-4-6-15(25-2)16(10-13)26-3/h4-7,10,14H,8-9,11-12H2,1-3H3,(H,19,21)/b7-5+. The maximum Gasteiger partial charge on any atom is 0.246 e. The highest BCUT2D eigenvalue weighted by atomic mass is 32.2. The van der Waals surface area contributed by atoms with Crippen LogP contribution >= 0.6 is 0 Å². The minimum absolute atomic E-state index is 0.0460. The summed E-state index contributed by atoms with van der Waals surface area (Å²) in [5, 5.41) is 2.66. The Hall–Kier alpha value is -2.55. The highest BCUT2D eigenvalue weighted by Gasteiger charge is 2.29. The first-order valence-corrected chi connectivity index (χ1v) is 10.2. The second-order valence-electron chi connectivity index (χ2n) is 6.31. The van der Waals surface area contributed by atoms with Gasteiger partial charge < -0.3 is 19.7 Å². The molecule has 0 spiro atoms. The van der Waals surface area contributed by atoms with E-state index in [1.165, 1.54) is 32.2 Å². The van der Waals surface area contributed by atoms with Gasteiger partial charge in [0.05, 0.1) is 32.3 Å². The third-order valence-electron chi connectivity index (χ3n) is 4.18. The van der Waals surface area contributed by atoms with Gasteiger partial charge in [0, 0.05) is 19.2 Å². The predicted molar refractivity (Wildman–Crippen MR) is 101 cm³/mol. The van der Waals surface area contributed by atoms with Crippen LogP contribution in [-0.2, 0) is 19.4 Å². The van der Waals surface area contributed by atoms with Crippen molar-refractivity contribution in [1.82, 2.24) is 10.2 Å². The molecule has 1 aromatic rings. The second kappa shape index (κ2) is 8.90. The number of hydrogen-bond donors (Lipinski definition) is 1. The number of hydrogen-bond acceptors (Lipinski definition) is 6. The lowest BCUT2D eigenvalue weighted by atomic mass is 10.2. The lowest BCUT2D eigenvalue weighted by Gasteiger charge is -2.17. The normalized spacial score (nSPS) is 18.3. The van der Waals surface area contributed by atoms with E-state index in [0.29, 0.717) is 17.9 Å². The summed E-state index contributed by atoms with van der Waals surface area (Å²) in [4.78, 5) is 25.4. The Morgan fingerprint density at radius 3 is 2.56 bits per heavy atom. The Labute approximate surface area is 159 Å². The van der Waals surface area contributed by atoms with Crippen LogP contribution in [0.3, 0.4) is 0 Å². The smallest absolute Gasteiger partial charge is 0.246 e. The van der Waals surface area contributed by atoms with E-state index in [9.17, 15) is 18.0 Å². The van der Waals surface area contributed by atoms with Crippen molar-refractivity contribution in [3.8, 4) is 11.5 Å². The molecule has 0 bridgehead atoms. The molecule has 1 aliphatic rings. The Bertz CT molecular complexity index is 834. The molecular formula is C18H24N2O6S. The first-order chi connectivity index (χ1) is 12.7. The number of amides is 2. The van der Waals surface area contributed by atoms with Crippen molar-refractivity contribution in [1.29, 1.82) is 0 Å². The molecule has 1 N–H and O–H groups in total. The number of carbonyl (C=O) groups excluding carboxylic acids is 2. The number of benzene rings is 1. The van der Waals surface area contributed by atoms with Gasteiger partial charge in [-0.05, 0) is 30.2 Å². The summed E-state index contributed by atoms with van der Waals surface area (Å²) in [6.45, 7) is -0.147. The third-order valence-corrected chi connectivity index (χ3v) is 5.95. The van der Waals surface area contributed by atoms with Crippen molar-refractivity contribution in [2.45, 2.75) is 12.5 Å². The van der Waals surface area contributed by atoms with Crippen LogP contribution in [-0.4, -0.2) is 70.5 Å². The van der Waals surface area contributed by atoms with Crippen LogP contribution in [0.2, 0.25) is 0 Å². The van der Waals surface area contributed by atoms with Gasteiger partial charge in [0.2, 0.25) is 11.8 Å². The molecule has 27 heavy (non-hydrogen) atoms. The molecule has 0 aromatic heterocycles. The maximum atomic E-state index is 12.2. The van der Waals surface area contributed by atoms with E-state index in [0.717, 1.165) is 5.56 Å². The van der Waals surface area contributed by atoms with Crippen LogP contribution in [0.15, 0.2) is 24.3 Å². The van der Waals surface area contributed by atoms with Crippen molar-refractivity contribution in [2.75, 3.05) is 39.3 Å². The summed E-state index contributed by atoms with van der Waals surface area (Å²) in [7, 11) is 1.51. The predicted octanol–water partition coefficient (Wildman–Crippen LogP) is 0.479. The molecule has 0 aliphatic carbocycles. The van der Waals surface area contributed by atoms with E-state index in [1.807, 2.05) is 0 Å². The molecule has 1 heterocycles. The van der Waals surface area contributed by atoms with Crippen molar-refractivity contribution in [2.24, 2.45) is 0 Å². The van der Waals surface area contributed by atoms with Crippen molar-refractivity contribution >= 4 is 27.7 Å². The third kappa shape index (κ3) is 5.99. The average Bonchev–Trinajstić information content (AvgIpc) is 2.97. The summed E-state index contributed by atoms with van der Waals surface area (Å²) in [5.41, 5.74) is 0.745. The fraction of sp³-hybridized carbons (Fsp3) is 0.444. The van der Waals surface area contributed by atoms with Gasteiger partial charge in [-0.2, -0.15) is 0 Å². The van der Waals surface area contributed by atoms with Gasteiger partial charge >= 0.3 is 0 Å². The molecule has 0 saturated carbocycles. The Morgan fingerprint density at radius 2 is 1.96 bits per heavy atom. The van der Waals surface area contributed by atoms with Gasteiger partial charge in [-0.1, -0.05) is 6.07 Å². The van der Waals surface area contributed by atoms with Gasteiger partial charge in [0.1, 0.15) is 0 Å². The number of rotatable bonds is 7. The van der Waals surface area contributed by atoms with Gasteiger partial charge in [-0.25, -0.2) is 8.42 Å². The van der Waals surface area contributed by atoms with Crippen LogP contribution in [0.25, 0.3) is 6.08 Å². The van der Waals surface area contributed by atoms with E-state index < -0.39 is 9.84 Å². The van der Waals surface area contributed by atoms with Crippen molar-refractivity contribution in [3.05, 3.63) is 29.8 Å². The fourth-order valence-electron chi connectivity index (χ4n) is 2.73. The first kappa shape index (κ1) is 20.8. The maximum absolute atomic E-state index is 12.2. The van der Waals surface area contributed by atoms with Crippen LogP contribution in [0.5, 0.6) is 11.5 Å². The SMILES string of the molecule is COc1ccc(/C=C/C(=O)N(C)CC(=O)NC2CCS(=O)(=O)C2)cc1OC. The minimum Gasteiger partial charge on any atom is -0.493 e. The summed E-state index contributed by atoms with van der Waals surface area (Å²) in [6, 6.07) is 4.86. The Morgan fingerprint density at radius 1 is 1.26 bits per heavy atom. The minimum atomic E-state index is -3.06. The molecule has 1 fully saturated rings. The monoisotopic (exact) mass is 396 g/mol. The van der Waals surface area contributed by atoms with Gasteiger partial charge in [0.15, 0.2) is 21.3 Å². The molecule has 1 aliphatic heterocycles. The molecule has 1 aromatic carbocycles. The van der Waals surface area contributed by atoms with Crippen molar-refractivity contribution < 1.29 is 27.5 Å². The highest BCUT2D eigenvalue weighted by Crippen LogP contribution is 2.27. The largest absolute Gasteiger partial charge is 0.493 e. The van der Waals surface area contributed by atoms with E-state index in [2.05, 4.69) is 5.32 Å². The summed E-state index contributed by atoms with van der Waals surface area (Å²) in [5.74, 6) is 0.442. The highest BCUT2D eigenvalue weighted by molar-refractivity contribution is 7.91. The quantitative estimate of drug-likeness (QED) is 0.673.